The van der Waals surface area contributed by atoms with Gasteiger partial charge in [-0.15, -0.1) is 0 Å². The number of amides is 1. The van der Waals surface area contributed by atoms with Crippen molar-refractivity contribution in [2.45, 2.75) is 51.1 Å². The molecule has 1 unspecified atom stereocenters. The Morgan fingerprint density at radius 2 is 2.10 bits per heavy atom. The number of carbonyl (C=O) groups excluding carboxylic acids is 1. The van der Waals surface area contributed by atoms with Gasteiger partial charge in [-0.1, -0.05) is 43.0 Å². The van der Waals surface area contributed by atoms with E-state index in [1.165, 1.54) is 19.3 Å². The van der Waals surface area contributed by atoms with Gasteiger partial charge in [0.1, 0.15) is 0 Å². The van der Waals surface area contributed by atoms with Gasteiger partial charge in [0.15, 0.2) is 0 Å². The predicted octanol–water partition coefficient (Wildman–Crippen LogP) is 3.44. The summed E-state index contributed by atoms with van der Waals surface area (Å²) >= 11 is 5.97. The SMILES string of the molecule is CC(NCC(=O)NC1CCCCC1)c1cccc(Cl)c1. The van der Waals surface area contributed by atoms with Gasteiger partial charge in [0, 0.05) is 17.1 Å². The van der Waals surface area contributed by atoms with Gasteiger partial charge >= 0.3 is 0 Å². The molecule has 0 bridgehead atoms. The fraction of sp³-hybridized carbons (Fsp3) is 0.562. The Labute approximate surface area is 126 Å². The molecule has 0 radical (unpaired) electrons. The number of hydrogen-bond donors (Lipinski definition) is 2. The van der Waals surface area contributed by atoms with E-state index >= 15 is 0 Å². The van der Waals surface area contributed by atoms with E-state index < -0.39 is 0 Å². The maximum atomic E-state index is 11.9. The van der Waals surface area contributed by atoms with E-state index in [1.54, 1.807) is 0 Å². The molecule has 0 aliphatic heterocycles. The fourth-order valence-electron chi connectivity index (χ4n) is 2.67. The third-order valence-electron chi connectivity index (χ3n) is 3.89. The third kappa shape index (κ3) is 4.80. The van der Waals surface area contributed by atoms with E-state index in [-0.39, 0.29) is 11.9 Å². The number of benzene rings is 1. The second-order valence-corrected chi connectivity index (χ2v) is 6.00. The van der Waals surface area contributed by atoms with Gasteiger partial charge in [-0.25, -0.2) is 0 Å². The van der Waals surface area contributed by atoms with Gasteiger partial charge in [0.05, 0.1) is 6.54 Å². The number of carbonyl (C=O) groups is 1. The molecule has 1 aliphatic rings. The lowest BCUT2D eigenvalue weighted by Crippen LogP contribution is -2.41. The maximum absolute atomic E-state index is 11.9. The largest absolute Gasteiger partial charge is 0.352 e. The molecule has 1 aromatic rings. The monoisotopic (exact) mass is 294 g/mol. The van der Waals surface area contributed by atoms with Crippen LogP contribution in [-0.2, 0) is 4.79 Å². The van der Waals surface area contributed by atoms with Crippen LogP contribution >= 0.6 is 11.6 Å². The molecule has 2 N–H and O–H groups in total. The minimum absolute atomic E-state index is 0.0887. The Kier molecular flexibility index (Phi) is 5.86. The van der Waals surface area contributed by atoms with Crippen molar-refractivity contribution in [3.8, 4) is 0 Å². The van der Waals surface area contributed by atoms with E-state index in [0.29, 0.717) is 12.6 Å². The van der Waals surface area contributed by atoms with Crippen LogP contribution in [0.25, 0.3) is 0 Å². The van der Waals surface area contributed by atoms with Crippen LogP contribution < -0.4 is 10.6 Å². The summed E-state index contributed by atoms with van der Waals surface area (Å²) < 4.78 is 0. The van der Waals surface area contributed by atoms with Crippen LogP contribution in [0.15, 0.2) is 24.3 Å². The lowest BCUT2D eigenvalue weighted by Gasteiger charge is -2.23. The van der Waals surface area contributed by atoms with Crippen LogP contribution in [0.1, 0.15) is 50.6 Å². The molecule has 0 heterocycles. The summed E-state index contributed by atoms with van der Waals surface area (Å²) in [5.74, 6) is 0.0887. The summed E-state index contributed by atoms with van der Waals surface area (Å²) in [6.07, 6.45) is 6.01. The highest BCUT2D eigenvalue weighted by atomic mass is 35.5. The highest BCUT2D eigenvalue weighted by Gasteiger charge is 2.16. The lowest BCUT2D eigenvalue weighted by atomic mass is 9.95. The normalized spacial score (nSPS) is 17.7. The second kappa shape index (κ2) is 7.65. The molecule has 1 atom stereocenters. The number of nitrogens with one attached hydrogen (secondary N) is 2. The molecule has 1 aromatic carbocycles. The molecule has 2 rings (SSSR count). The molecule has 3 nitrogen and oxygen atoms in total. The van der Waals surface area contributed by atoms with Crippen molar-refractivity contribution in [2.24, 2.45) is 0 Å². The third-order valence-corrected chi connectivity index (χ3v) is 4.12. The second-order valence-electron chi connectivity index (χ2n) is 5.56. The van der Waals surface area contributed by atoms with Crippen molar-refractivity contribution in [1.82, 2.24) is 10.6 Å². The minimum Gasteiger partial charge on any atom is -0.352 e. The van der Waals surface area contributed by atoms with Crippen LogP contribution in [0.3, 0.4) is 0 Å². The fourth-order valence-corrected chi connectivity index (χ4v) is 2.86. The molecule has 1 saturated carbocycles. The predicted molar refractivity (Wildman–Crippen MR) is 82.9 cm³/mol. The van der Waals surface area contributed by atoms with Gasteiger partial charge in [-0.05, 0) is 37.5 Å². The number of hydrogen-bond acceptors (Lipinski definition) is 2. The first-order chi connectivity index (χ1) is 9.65. The summed E-state index contributed by atoms with van der Waals surface area (Å²) in [5, 5.41) is 7.08. The van der Waals surface area contributed by atoms with Crippen LogP contribution in [0.2, 0.25) is 5.02 Å². The number of rotatable bonds is 5. The van der Waals surface area contributed by atoms with Gasteiger partial charge in [0.25, 0.3) is 0 Å². The molecule has 1 amide bonds. The standard InChI is InChI=1S/C16H23ClN2O/c1-12(13-6-5-7-14(17)10-13)18-11-16(20)19-15-8-3-2-4-9-15/h5-7,10,12,15,18H,2-4,8-9,11H2,1H3,(H,19,20). The van der Waals surface area contributed by atoms with Crippen LogP contribution in [0.5, 0.6) is 0 Å². The van der Waals surface area contributed by atoms with E-state index in [9.17, 15) is 4.79 Å². The Balaban J connectivity index is 1.75. The van der Waals surface area contributed by atoms with Crippen LogP contribution in [0.4, 0.5) is 0 Å². The van der Waals surface area contributed by atoms with Crippen molar-refractivity contribution in [3.05, 3.63) is 34.9 Å². The van der Waals surface area contributed by atoms with Crippen molar-refractivity contribution < 1.29 is 4.79 Å². The maximum Gasteiger partial charge on any atom is 0.234 e. The Hall–Kier alpha value is -1.06. The van der Waals surface area contributed by atoms with Gasteiger partial charge in [-0.2, -0.15) is 0 Å². The van der Waals surface area contributed by atoms with Crippen molar-refractivity contribution in [3.63, 3.8) is 0 Å². The molecule has 1 fully saturated rings. The first-order valence-corrected chi connectivity index (χ1v) is 7.81. The van der Waals surface area contributed by atoms with Gasteiger partial charge in [0.2, 0.25) is 5.91 Å². The summed E-state index contributed by atoms with van der Waals surface area (Å²) in [4.78, 5) is 11.9. The van der Waals surface area contributed by atoms with Crippen LogP contribution in [-0.4, -0.2) is 18.5 Å². The molecule has 0 spiro atoms. The highest BCUT2D eigenvalue weighted by Crippen LogP contribution is 2.18. The number of halogens is 1. The lowest BCUT2D eigenvalue weighted by molar-refractivity contribution is -0.121. The van der Waals surface area contributed by atoms with Crippen molar-refractivity contribution in [2.75, 3.05) is 6.54 Å². The van der Waals surface area contributed by atoms with E-state index in [4.69, 9.17) is 11.6 Å². The molecular formula is C16H23ClN2O. The molecule has 20 heavy (non-hydrogen) atoms. The zero-order valence-corrected chi connectivity index (χ0v) is 12.7. The Morgan fingerprint density at radius 3 is 2.80 bits per heavy atom. The van der Waals surface area contributed by atoms with E-state index in [2.05, 4.69) is 10.6 Å². The first-order valence-electron chi connectivity index (χ1n) is 7.43. The molecule has 1 aliphatic carbocycles. The summed E-state index contributed by atoms with van der Waals surface area (Å²) in [7, 11) is 0. The van der Waals surface area contributed by atoms with Crippen LogP contribution in [0, 0.1) is 0 Å². The Bertz CT molecular complexity index is 444. The summed E-state index contributed by atoms with van der Waals surface area (Å²) in [6, 6.07) is 8.22. The molecule has 0 aromatic heterocycles. The first kappa shape index (κ1) is 15.3. The van der Waals surface area contributed by atoms with Gasteiger partial charge < -0.3 is 10.6 Å². The minimum atomic E-state index is 0.0887. The molecule has 4 heteroatoms. The van der Waals surface area contributed by atoms with Crippen molar-refractivity contribution >= 4 is 17.5 Å². The molecule has 0 saturated heterocycles. The Morgan fingerprint density at radius 1 is 1.35 bits per heavy atom. The van der Waals surface area contributed by atoms with E-state index in [0.717, 1.165) is 23.4 Å². The van der Waals surface area contributed by atoms with E-state index in [1.807, 2.05) is 31.2 Å². The average Bonchev–Trinajstić information content (AvgIpc) is 2.46. The summed E-state index contributed by atoms with van der Waals surface area (Å²) in [5.41, 5.74) is 1.10. The zero-order chi connectivity index (χ0) is 14.4. The topological polar surface area (TPSA) is 41.1 Å². The zero-order valence-electron chi connectivity index (χ0n) is 12.0. The molecule has 110 valence electrons. The average molecular weight is 295 g/mol. The summed E-state index contributed by atoms with van der Waals surface area (Å²) in [6.45, 7) is 2.39. The van der Waals surface area contributed by atoms with Gasteiger partial charge in [-0.3, -0.25) is 4.79 Å². The smallest absolute Gasteiger partial charge is 0.234 e. The molecular weight excluding hydrogens is 272 g/mol. The van der Waals surface area contributed by atoms with Crippen molar-refractivity contribution in [1.29, 1.82) is 0 Å². The highest BCUT2D eigenvalue weighted by molar-refractivity contribution is 6.30. The quantitative estimate of drug-likeness (QED) is 0.873.